The number of thiazole rings is 1. The maximum Gasteiger partial charge on any atom is 0.246 e. The Kier molecular flexibility index (Phi) is 5.97. The van der Waals surface area contributed by atoms with Crippen molar-refractivity contribution in [2.75, 3.05) is 13.1 Å². The van der Waals surface area contributed by atoms with E-state index in [1.54, 1.807) is 45.7 Å². The first kappa shape index (κ1) is 24.9. The number of aromatic nitrogens is 5. The summed E-state index contributed by atoms with van der Waals surface area (Å²) in [4.78, 5) is 5.79. The van der Waals surface area contributed by atoms with Gasteiger partial charge < -0.3 is 0 Å². The average Bonchev–Trinajstić information content (AvgIpc) is 3.67. The highest BCUT2D eigenvalue weighted by molar-refractivity contribution is 7.89. The van der Waals surface area contributed by atoms with E-state index in [9.17, 15) is 12.8 Å². The Morgan fingerprint density at radius 1 is 1.08 bits per heavy atom. The number of halogens is 1. The van der Waals surface area contributed by atoms with Gasteiger partial charge in [-0.2, -0.15) is 14.5 Å². The van der Waals surface area contributed by atoms with Crippen LogP contribution in [0.15, 0.2) is 66.1 Å². The molecular formula is C27H27FN6O2S2. The molecule has 8 nitrogen and oxygen atoms in total. The van der Waals surface area contributed by atoms with E-state index in [2.05, 4.69) is 34.2 Å². The lowest BCUT2D eigenvalue weighted by Gasteiger charge is -2.31. The summed E-state index contributed by atoms with van der Waals surface area (Å²) in [5.41, 5.74) is 3.43. The zero-order chi connectivity index (χ0) is 26.7. The molecule has 1 atom stereocenters. The second-order valence-electron chi connectivity index (χ2n) is 10.00. The standard InChI is InChI=1S/C27H27FN6O2S2/c1-18-10-26-20(13-31-34(26)22-6-4-21(28)5-7-22)11-25(18)27(12-23-14-29-19(2)37-23)8-9-33(17-27)38(35,36)24-15-30-32(3)16-24/h4-7,10-11,13-16H,8-9,12,17H2,1-3H3. The highest BCUT2D eigenvalue weighted by Crippen LogP contribution is 2.43. The molecule has 0 saturated carbocycles. The third-order valence-electron chi connectivity index (χ3n) is 7.38. The van der Waals surface area contributed by atoms with Crippen LogP contribution in [0.25, 0.3) is 16.6 Å². The minimum atomic E-state index is -3.68. The van der Waals surface area contributed by atoms with E-state index in [4.69, 9.17) is 0 Å². The SMILES string of the molecule is Cc1ncc(CC2(c3cc4cnn(-c5ccc(F)cc5)c4cc3C)CCN(S(=O)(=O)c3cnn(C)c3)C2)s1. The van der Waals surface area contributed by atoms with Gasteiger partial charge in [-0.1, -0.05) is 0 Å². The summed E-state index contributed by atoms with van der Waals surface area (Å²) in [5, 5.41) is 10.6. The molecule has 38 heavy (non-hydrogen) atoms. The number of nitrogens with zero attached hydrogens (tertiary/aromatic N) is 6. The number of sulfonamides is 1. The van der Waals surface area contributed by atoms with Crippen LogP contribution in [0.3, 0.4) is 0 Å². The zero-order valence-electron chi connectivity index (χ0n) is 21.3. The summed E-state index contributed by atoms with van der Waals surface area (Å²) >= 11 is 1.65. The van der Waals surface area contributed by atoms with Crippen molar-refractivity contribution in [3.05, 3.63) is 88.0 Å². The third-order valence-corrected chi connectivity index (χ3v) is 10.1. The Morgan fingerprint density at radius 2 is 1.87 bits per heavy atom. The molecule has 0 spiro atoms. The zero-order valence-corrected chi connectivity index (χ0v) is 22.9. The summed E-state index contributed by atoms with van der Waals surface area (Å²) in [7, 11) is -1.97. The molecule has 0 bridgehead atoms. The summed E-state index contributed by atoms with van der Waals surface area (Å²) in [6.45, 7) is 4.82. The Labute approximate surface area is 224 Å². The molecule has 1 aliphatic rings. The van der Waals surface area contributed by atoms with Crippen molar-refractivity contribution in [3.8, 4) is 5.69 Å². The Bertz CT molecular complexity index is 1760. The molecule has 3 aromatic heterocycles. The van der Waals surface area contributed by atoms with Crippen molar-refractivity contribution in [1.82, 2.24) is 28.9 Å². The highest BCUT2D eigenvalue weighted by Gasteiger charge is 2.45. The van der Waals surface area contributed by atoms with Crippen LogP contribution in [0.4, 0.5) is 4.39 Å². The van der Waals surface area contributed by atoms with Gasteiger partial charge >= 0.3 is 0 Å². The van der Waals surface area contributed by atoms with Crippen molar-refractivity contribution in [2.45, 2.75) is 37.0 Å². The maximum atomic E-state index is 13.5. The molecule has 1 unspecified atom stereocenters. The van der Waals surface area contributed by atoms with E-state index >= 15 is 0 Å². The van der Waals surface area contributed by atoms with Crippen molar-refractivity contribution in [2.24, 2.45) is 7.05 Å². The van der Waals surface area contributed by atoms with E-state index in [-0.39, 0.29) is 10.7 Å². The first-order chi connectivity index (χ1) is 18.1. The Hall–Kier alpha value is -3.41. The molecule has 0 radical (unpaired) electrons. The monoisotopic (exact) mass is 550 g/mol. The predicted molar refractivity (Wildman–Crippen MR) is 145 cm³/mol. The Morgan fingerprint density at radius 3 is 2.55 bits per heavy atom. The molecule has 1 aliphatic heterocycles. The molecule has 196 valence electrons. The number of aryl methyl sites for hydroxylation is 3. The van der Waals surface area contributed by atoms with Gasteiger partial charge in [0.15, 0.2) is 0 Å². The van der Waals surface area contributed by atoms with Gasteiger partial charge in [0.25, 0.3) is 0 Å². The van der Waals surface area contributed by atoms with Gasteiger partial charge in [-0.3, -0.25) is 4.68 Å². The van der Waals surface area contributed by atoms with Crippen molar-refractivity contribution in [1.29, 1.82) is 0 Å². The van der Waals surface area contributed by atoms with Crippen LogP contribution in [0.1, 0.15) is 27.4 Å². The van der Waals surface area contributed by atoms with Gasteiger partial charge in [0.2, 0.25) is 10.0 Å². The fourth-order valence-electron chi connectivity index (χ4n) is 5.54. The first-order valence-corrected chi connectivity index (χ1v) is 14.6. The van der Waals surface area contributed by atoms with Crippen molar-refractivity contribution < 1.29 is 12.8 Å². The highest BCUT2D eigenvalue weighted by atomic mass is 32.2. The van der Waals surface area contributed by atoms with Crippen molar-refractivity contribution >= 4 is 32.3 Å². The molecule has 0 aliphatic carbocycles. The average molecular weight is 551 g/mol. The number of benzene rings is 2. The fourth-order valence-corrected chi connectivity index (χ4v) is 7.99. The number of hydrogen-bond acceptors (Lipinski definition) is 6. The van der Waals surface area contributed by atoms with Crippen LogP contribution in [0.2, 0.25) is 0 Å². The van der Waals surface area contributed by atoms with Crippen LogP contribution in [-0.4, -0.2) is 50.4 Å². The van der Waals surface area contributed by atoms with Crippen LogP contribution in [0.5, 0.6) is 0 Å². The summed E-state index contributed by atoms with van der Waals surface area (Å²) in [6.07, 6.45) is 8.04. The molecule has 1 fully saturated rings. The largest absolute Gasteiger partial charge is 0.274 e. The van der Waals surface area contributed by atoms with Gasteiger partial charge in [0.1, 0.15) is 10.7 Å². The lowest BCUT2D eigenvalue weighted by atomic mass is 9.74. The summed E-state index contributed by atoms with van der Waals surface area (Å²) in [5.74, 6) is -0.295. The van der Waals surface area contributed by atoms with E-state index in [0.29, 0.717) is 25.9 Å². The van der Waals surface area contributed by atoms with Gasteiger partial charge in [0, 0.05) is 48.2 Å². The topological polar surface area (TPSA) is 85.9 Å². The van der Waals surface area contributed by atoms with Crippen molar-refractivity contribution in [3.63, 3.8) is 0 Å². The summed E-state index contributed by atoms with van der Waals surface area (Å²) < 4.78 is 45.4. The van der Waals surface area contributed by atoms with Crippen LogP contribution in [0, 0.1) is 19.7 Å². The first-order valence-electron chi connectivity index (χ1n) is 12.3. The van der Waals surface area contributed by atoms with Crippen LogP contribution >= 0.6 is 11.3 Å². The molecule has 6 rings (SSSR count). The molecule has 5 aromatic rings. The quantitative estimate of drug-likeness (QED) is 0.310. The van der Waals surface area contributed by atoms with Gasteiger partial charge in [0.05, 0.1) is 28.6 Å². The number of hydrogen-bond donors (Lipinski definition) is 0. The lowest BCUT2D eigenvalue weighted by molar-refractivity contribution is 0.415. The number of rotatable bonds is 6. The Balaban J connectivity index is 1.44. The molecule has 2 aromatic carbocycles. The van der Waals surface area contributed by atoms with Gasteiger partial charge in [-0.15, -0.1) is 11.3 Å². The maximum absolute atomic E-state index is 13.5. The molecule has 1 saturated heterocycles. The summed E-state index contributed by atoms with van der Waals surface area (Å²) in [6, 6.07) is 10.5. The molecule has 0 N–H and O–H groups in total. The molecular weight excluding hydrogens is 523 g/mol. The third kappa shape index (κ3) is 4.24. The molecule has 0 amide bonds. The normalized spacial score (nSPS) is 18.5. The van der Waals surface area contributed by atoms with Crippen LogP contribution in [-0.2, 0) is 28.9 Å². The predicted octanol–water partition coefficient (Wildman–Crippen LogP) is 4.55. The number of fused-ring (bicyclic) bond motifs is 1. The smallest absolute Gasteiger partial charge is 0.246 e. The minimum Gasteiger partial charge on any atom is -0.274 e. The molecule has 11 heteroatoms. The van der Waals surface area contributed by atoms with Gasteiger partial charge in [-0.25, -0.2) is 22.5 Å². The molecule has 4 heterocycles. The minimum absolute atomic E-state index is 0.206. The van der Waals surface area contributed by atoms with E-state index in [0.717, 1.165) is 37.6 Å². The van der Waals surface area contributed by atoms with E-state index < -0.39 is 15.4 Å². The lowest BCUT2D eigenvalue weighted by Crippen LogP contribution is -2.36. The van der Waals surface area contributed by atoms with E-state index in [1.165, 1.54) is 23.0 Å². The van der Waals surface area contributed by atoms with Crippen LogP contribution < -0.4 is 0 Å². The van der Waals surface area contributed by atoms with Gasteiger partial charge in [-0.05, 0) is 74.2 Å². The van der Waals surface area contributed by atoms with E-state index in [1.807, 2.05) is 19.3 Å². The second kappa shape index (κ2) is 9.11. The fraction of sp³-hybridized carbons (Fsp3) is 0.296. The second-order valence-corrected chi connectivity index (χ2v) is 13.3.